The average molecular weight is 260 g/mol. The molecule has 0 spiro atoms. The number of fused-ring (bicyclic) bond motifs is 1. The van der Waals surface area contributed by atoms with Crippen molar-refractivity contribution in [1.82, 2.24) is 15.5 Å². The summed E-state index contributed by atoms with van der Waals surface area (Å²) in [6.07, 6.45) is 1.68. The van der Waals surface area contributed by atoms with Crippen molar-refractivity contribution in [3.63, 3.8) is 0 Å². The molecular weight excluding hydrogens is 244 g/mol. The number of rotatable bonds is 5. The average Bonchev–Trinajstić information content (AvgIpc) is 2.44. The van der Waals surface area contributed by atoms with Crippen LogP contribution in [0.3, 0.4) is 0 Å². The molecule has 6 heteroatoms. The first-order chi connectivity index (χ1) is 9.24. The summed E-state index contributed by atoms with van der Waals surface area (Å²) in [4.78, 5) is 23.6. The fourth-order valence-corrected chi connectivity index (χ4v) is 1.84. The Morgan fingerprint density at radius 2 is 2.00 bits per heavy atom. The van der Waals surface area contributed by atoms with Crippen LogP contribution in [-0.2, 0) is 0 Å². The number of amides is 1. The van der Waals surface area contributed by atoms with E-state index < -0.39 is 0 Å². The van der Waals surface area contributed by atoms with Gasteiger partial charge < -0.3 is 11.1 Å². The Morgan fingerprint density at radius 1 is 1.26 bits per heavy atom. The number of hydrogen-bond acceptors (Lipinski definition) is 4. The van der Waals surface area contributed by atoms with Gasteiger partial charge in [0.1, 0.15) is 0 Å². The van der Waals surface area contributed by atoms with Crippen LogP contribution < -0.4 is 16.6 Å². The predicted molar refractivity (Wildman–Crippen MR) is 73.0 cm³/mol. The van der Waals surface area contributed by atoms with Gasteiger partial charge in [-0.25, -0.2) is 5.10 Å². The summed E-state index contributed by atoms with van der Waals surface area (Å²) in [5, 5.41) is 9.96. The first kappa shape index (κ1) is 13.2. The quantitative estimate of drug-likeness (QED) is 0.677. The van der Waals surface area contributed by atoms with Crippen molar-refractivity contribution in [2.24, 2.45) is 5.73 Å². The zero-order chi connectivity index (χ0) is 13.7. The van der Waals surface area contributed by atoms with E-state index in [4.69, 9.17) is 5.73 Å². The highest BCUT2D eigenvalue weighted by molar-refractivity contribution is 6.04. The number of carbonyl (C=O) groups excluding carboxylic acids is 1. The number of nitrogens with zero attached hydrogens (tertiary/aromatic N) is 1. The van der Waals surface area contributed by atoms with E-state index in [1.54, 1.807) is 24.3 Å². The molecule has 0 radical (unpaired) electrons. The maximum atomic E-state index is 12.0. The third-order valence-electron chi connectivity index (χ3n) is 2.83. The minimum absolute atomic E-state index is 0.239. The number of benzene rings is 1. The normalized spacial score (nSPS) is 10.6. The molecule has 1 amide bonds. The van der Waals surface area contributed by atoms with Crippen molar-refractivity contribution in [3.05, 3.63) is 40.3 Å². The van der Waals surface area contributed by atoms with Gasteiger partial charge in [0, 0.05) is 11.9 Å². The summed E-state index contributed by atoms with van der Waals surface area (Å²) in [7, 11) is 0. The van der Waals surface area contributed by atoms with Gasteiger partial charge in [-0.3, -0.25) is 9.59 Å². The van der Waals surface area contributed by atoms with Crippen molar-refractivity contribution >= 4 is 16.7 Å². The Morgan fingerprint density at radius 3 is 2.74 bits per heavy atom. The van der Waals surface area contributed by atoms with Gasteiger partial charge in [0.15, 0.2) is 5.69 Å². The Bertz CT molecular complexity index is 636. The molecule has 4 N–H and O–H groups in total. The van der Waals surface area contributed by atoms with E-state index in [1.165, 1.54) is 0 Å². The van der Waals surface area contributed by atoms with Crippen LogP contribution in [0.4, 0.5) is 0 Å². The van der Waals surface area contributed by atoms with Gasteiger partial charge in [0.25, 0.3) is 11.5 Å². The monoisotopic (exact) mass is 260 g/mol. The maximum absolute atomic E-state index is 12.0. The SMILES string of the molecule is NCCCCNC(=O)c1n[nH]c(=O)c2ccccc12. The highest BCUT2D eigenvalue weighted by atomic mass is 16.2. The Balaban J connectivity index is 2.23. The van der Waals surface area contributed by atoms with E-state index in [-0.39, 0.29) is 17.2 Å². The lowest BCUT2D eigenvalue weighted by Gasteiger charge is -2.06. The van der Waals surface area contributed by atoms with Crippen LogP contribution in [0.5, 0.6) is 0 Å². The lowest BCUT2D eigenvalue weighted by molar-refractivity contribution is 0.0949. The lowest BCUT2D eigenvalue weighted by atomic mass is 10.1. The molecule has 100 valence electrons. The summed E-state index contributed by atoms with van der Waals surface area (Å²) >= 11 is 0. The van der Waals surface area contributed by atoms with Crippen molar-refractivity contribution in [2.75, 3.05) is 13.1 Å². The van der Waals surface area contributed by atoms with Crippen LogP contribution in [0.2, 0.25) is 0 Å². The topological polar surface area (TPSA) is 101 Å². The van der Waals surface area contributed by atoms with Gasteiger partial charge in [-0.15, -0.1) is 0 Å². The van der Waals surface area contributed by atoms with Gasteiger partial charge >= 0.3 is 0 Å². The molecule has 6 nitrogen and oxygen atoms in total. The van der Waals surface area contributed by atoms with E-state index >= 15 is 0 Å². The van der Waals surface area contributed by atoms with Crippen molar-refractivity contribution in [3.8, 4) is 0 Å². The van der Waals surface area contributed by atoms with Gasteiger partial charge in [0.05, 0.1) is 5.39 Å². The number of nitrogens with one attached hydrogen (secondary N) is 2. The number of unbranched alkanes of at least 4 members (excludes halogenated alkanes) is 1. The van der Waals surface area contributed by atoms with E-state index in [0.29, 0.717) is 23.9 Å². The third kappa shape index (κ3) is 2.97. The van der Waals surface area contributed by atoms with Crippen LogP contribution in [0.15, 0.2) is 29.1 Å². The number of carbonyl (C=O) groups is 1. The molecule has 0 atom stereocenters. The second-order valence-electron chi connectivity index (χ2n) is 4.20. The van der Waals surface area contributed by atoms with E-state index in [0.717, 1.165) is 12.8 Å². The molecule has 2 rings (SSSR count). The summed E-state index contributed by atoms with van der Waals surface area (Å²) in [6.45, 7) is 1.15. The fourth-order valence-electron chi connectivity index (χ4n) is 1.84. The molecule has 0 bridgehead atoms. The highest BCUT2D eigenvalue weighted by Crippen LogP contribution is 2.11. The number of H-pyrrole nitrogens is 1. The lowest BCUT2D eigenvalue weighted by Crippen LogP contribution is -2.27. The smallest absolute Gasteiger partial charge is 0.272 e. The first-order valence-corrected chi connectivity index (χ1v) is 6.19. The number of nitrogens with two attached hydrogens (primary N) is 1. The molecule has 1 heterocycles. The molecule has 1 aromatic carbocycles. The van der Waals surface area contributed by atoms with Crippen molar-refractivity contribution < 1.29 is 4.79 Å². The van der Waals surface area contributed by atoms with Crippen LogP contribution in [0, 0.1) is 0 Å². The van der Waals surface area contributed by atoms with E-state index in [9.17, 15) is 9.59 Å². The first-order valence-electron chi connectivity index (χ1n) is 6.19. The molecule has 0 aliphatic rings. The Hall–Kier alpha value is -2.21. The van der Waals surface area contributed by atoms with Gasteiger partial charge in [-0.05, 0) is 25.5 Å². The highest BCUT2D eigenvalue weighted by Gasteiger charge is 2.12. The molecule has 2 aromatic rings. The second-order valence-corrected chi connectivity index (χ2v) is 4.20. The zero-order valence-corrected chi connectivity index (χ0v) is 10.5. The molecule has 0 aliphatic heterocycles. The number of hydrogen-bond donors (Lipinski definition) is 3. The molecule has 0 fully saturated rings. The van der Waals surface area contributed by atoms with E-state index in [1.807, 2.05) is 0 Å². The minimum Gasteiger partial charge on any atom is -0.351 e. The van der Waals surface area contributed by atoms with Crippen LogP contribution in [-0.4, -0.2) is 29.2 Å². The maximum Gasteiger partial charge on any atom is 0.272 e. The third-order valence-corrected chi connectivity index (χ3v) is 2.83. The Labute approximate surface area is 110 Å². The molecule has 0 saturated carbocycles. The molecule has 0 aliphatic carbocycles. The molecule has 19 heavy (non-hydrogen) atoms. The number of aromatic nitrogens is 2. The van der Waals surface area contributed by atoms with Crippen LogP contribution in [0.1, 0.15) is 23.3 Å². The van der Waals surface area contributed by atoms with Crippen LogP contribution in [0.25, 0.3) is 10.8 Å². The molecular formula is C13H16N4O2. The van der Waals surface area contributed by atoms with E-state index in [2.05, 4.69) is 15.5 Å². The largest absolute Gasteiger partial charge is 0.351 e. The summed E-state index contributed by atoms with van der Waals surface area (Å²) < 4.78 is 0. The van der Waals surface area contributed by atoms with Gasteiger partial charge in [0.2, 0.25) is 0 Å². The molecule has 0 saturated heterocycles. The van der Waals surface area contributed by atoms with Crippen LogP contribution >= 0.6 is 0 Å². The van der Waals surface area contributed by atoms with Crippen molar-refractivity contribution in [2.45, 2.75) is 12.8 Å². The summed E-state index contributed by atoms with van der Waals surface area (Å²) in [6, 6.07) is 6.91. The molecule has 1 aromatic heterocycles. The number of aromatic amines is 1. The minimum atomic E-state index is -0.296. The fraction of sp³-hybridized carbons (Fsp3) is 0.308. The summed E-state index contributed by atoms with van der Waals surface area (Å²) in [5.74, 6) is -0.288. The predicted octanol–water partition coefficient (Wildman–Crippen LogP) is 0.392. The molecule has 0 unspecified atom stereocenters. The second kappa shape index (κ2) is 6.10. The summed E-state index contributed by atoms with van der Waals surface area (Å²) in [5.41, 5.74) is 5.33. The van der Waals surface area contributed by atoms with Crippen molar-refractivity contribution in [1.29, 1.82) is 0 Å². The Kier molecular flexibility index (Phi) is 4.25. The van der Waals surface area contributed by atoms with Gasteiger partial charge in [-0.2, -0.15) is 5.10 Å². The zero-order valence-electron chi connectivity index (χ0n) is 10.5. The standard InChI is InChI=1S/C13H16N4O2/c14-7-3-4-8-15-13(19)11-9-5-1-2-6-10(9)12(18)17-16-11/h1-2,5-6H,3-4,7-8,14H2,(H,15,19)(H,17,18). The van der Waals surface area contributed by atoms with Gasteiger partial charge in [-0.1, -0.05) is 18.2 Å².